The van der Waals surface area contributed by atoms with Crippen molar-refractivity contribution in [2.24, 2.45) is 53.3 Å². The van der Waals surface area contributed by atoms with Crippen molar-refractivity contribution in [1.29, 1.82) is 0 Å². The molecule has 9 fully saturated rings. The van der Waals surface area contributed by atoms with Crippen LogP contribution in [0.5, 0.6) is 0 Å². The monoisotopic (exact) mass is 1370 g/mol. The summed E-state index contributed by atoms with van der Waals surface area (Å²) in [4.78, 5) is 0. The van der Waals surface area contributed by atoms with Gasteiger partial charge in [-0.15, -0.1) is 0 Å². The number of hydrogen-bond donors (Lipinski definition) is 0. The third-order valence-corrected chi connectivity index (χ3v) is 31.3. The van der Waals surface area contributed by atoms with E-state index in [4.69, 9.17) is 0 Å². The minimum absolute atomic E-state index is 0.216. The largest absolute Gasteiger partial charge is 0.334 e. The zero-order chi connectivity index (χ0) is 66.7. The van der Waals surface area contributed by atoms with E-state index in [2.05, 4.69) is 0 Å². The van der Waals surface area contributed by atoms with Crippen LogP contribution in [0.2, 0.25) is 0 Å². The summed E-state index contributed by atoms with van der Waals surface area (Å²) >= 11 is 0. The highest BCUT2D eigenvalue weighted by Crippen LogP contribution is 2.68. The van der Waals surface area contributed by atoms with Gasteiger partial charge >= 0.3 is 8.60 Å². The average molecular weight is 1370 g/mol. The molecule has 0 atom stereocenters. The van der Waals surface area contributed by atoms with E-state index in [0.29, 0.717) is 53.3 Å². The molecule has 0 N–H and O–H groups in total. The predicted molar refractivity (Wildman–Crippen MR) is 424 cm³/mol. The minimum atomic E-state index is -1.79. The van der Waals surface area contributed by atoms with Crippen LogP contribution in [0.25, 0.3) is 0 Å². The maximum absolute atomic E-state index is 10.0. The van der Waals surface area contributed by atoms with Crippen LogP contribution in [0.1, 0.15) is 520 Å². The van der Waals surface area contributed by atoms with Crippen LogP contribution in [0.15, 0.2) is 0 Å². The van der Waals surface area contributed by atoms with Crippen LogP contribution in [-0.2, 0) is 13.6 Å². The van der Waals surface area contributed by atoms with Crippen LogP contribution in [-0.4, -0.2) is 16.8 Å². The summed E-state index contributed by atoms with van der Waals surface area (Å²) in [5.74, 6) is 5.37. The summed E-state index contributed by atoms with van der Waals surface area (Å²) in [6.45, 7) is 0. The number of hydrogen-bond acceptors (Lipinski definition) is 3. The molecule has 9 saturated carbocycles. The molecule has 0 saturated heterocycles. The Morgan fingerprint density at radius 3 is 0.268 bits per heavy atom. The summed E-state index contributed by atoms with van der Waals surface area (Å²) in [6.07, 6.45) is 116. The standard InChI is InChI=1S/C93H171O3P/c1-10-28-46-64-82(65-47-29-11-1)91(83-66-48-30-12-2-13-31-49-67-83,84-68-50-32-14-3-15-33-51-69-84)94-97(95-92(85-70-52-34-16-4-17-35-53-71-85,86-72-54-36-18-5-19-37-55-73-86)87-74-56-38-20-6-21-39-57-75-87)96-93(88-76-58-40-22-7-23-41-59-77-88,89-78-60-42-24-8-25-43-61-79-89)90-80-62-44-26-9-27-45-63-81-90/h82-90H,1-81H2. The molecule has 9 aliphatic carbocycles. The summed E-state index contributed by atoms with van der Waals surface area (Å²) in [5.41, 5.74) is -0.647. The second kappa shape index (κ2) is 50.0. The molecule has 9 rings (SSSR count). The van der Waals surface area contributed by atoms with E-state index in [1.165, 1.54) is 520 Å². The molecule has 0 aliphatic heterocycles. The van der Waals surface area contributed by atoms with Crippen molar-refractivity contribution in [2.45, 2.75) is 537 Å². The van der Waals surface area contributed by atoms with Gasteiger partial charge in [0.1, 0.15) is 0 Å². The van der Waals surface area contributed by atoms with Gasteiger partial charge in [0.05, 0.1) is 16.8 Å². The molecule has 97 heavy (non-hydrogen) atoms. The maximum atomic E-state index is 10.0. The fourth-order valence-corrected chi connectivity index (χ4v) is 26.7. The van der Waals surface area contributed by atoms with Crippen molar-refractivity contribution in [3.63, 3.8) is 0 Å². The van der Waals surface area contributed by atoms with E-state index in [-0.39, 0.29) is 16.8 Å². The Morgan fingerprint density at radius 1 is 0.113 bits per heavy atom. The van der Waals surface area contributed by atoms with Crippen LogP contribution in [0, 0.1) is 53.3 Å². The van der Waals surface area contributed by atoms with Crippen molar-refractivity contribution >= 4 is 8.60 Å². The van der Waals surface area contributed by atoms with Gasteiger partial charge in [0.2, 0.25) is 0 Å². The topological polar surface area (TPSA) is 27.7 Å². The molecule has 0 aromatic heterocycles. The molecular weight excluding hydrogens is 1200 g/mol. The van der Waals surface area contributed by atoms with E-state index >= 15 is 0 Å². The smallest absolute Gasteiger partial charge is 0.305 e. The van der Waals surface area contributed by atoms with Gasteiger partial charge in [0, 0.05) is 0 Å². The van der Waals surface area contributed by atoms with E-state index in [0.717, 1.165) is 0 Å². The second-order valence-corrected chi connectivity index (χ2v) is 37.8. The normalized spacial score (nSPS) is 27.2. The third-order valence-electron chi connectivity index (χ3n) is 29.9. The SMILES string of the molecule is C1CCCCC(C(OP(OC(C2CCCCCCCCC2)(C2CCCCCCCCC2)C2CCCCCCCCC2)OC(C2CCCCCCCCC2)(C2CCCCCCCCC2)C2CCCCCCCCC2)(C2CCCCCCCCC2)C2CCCCCCCCC2)CCCC1. The first-order valence-electron chi connectivity index (χ1n) is 47.1. The molecule has 566 valence electrons. The van der Waals surface area contributed by atoms with Crippen molar-refractivity contribution in [1.82, 2.24) is 0 Å². The molecule has 0 heterocycles. The van der Waals surface area contributed by atoms with Crippen molar-refractivity contribution in [3.8, 4) is 0 Å². The summed E-state index contributed by atoms with van der Waals surface area (Å²) in [6, 6.07) is 0. The van der Waals surface area contributed by atoms with Crippen LogP contribution in [0.3, 0.4) is 0 Å². The summed E-state index contributed by atoms with van der Waals surface area (Å²) in [7, 11) is -1.79. The fraction of sp³-hybridized carbons (Fsp3) is 1.00. The predicted octanol–water partition coefficient (Wildman–Crippen LogP) is 32.7. The van der Waals surface area contributed by atoms with Gasteiger partial charge in [-0.05, 0) is 169 Å². The van der Waals surface area contributed by atoms with Gasteiger partial charge in [-0.1, -0.05) is 405 Å². The van der Waals surface area contributed by atoms with Crippen LogP contribution >= 0.6 is 8.60 Å². The zero-order valence-electron chi connectivity index (χ0n) is 65.6. The Kier molecular flexibility index (Phi) is 41.9. The lowest BCUT2D eigenvalue weighted by molar-refractivity contribution is -0.184. The third kappa shape index (κ3) is 27.2. The van der Waals surface area contributed by atoms with E-state index < -0.39 is 8.60 Å². The Hall–Kier alpha value is 0.310. The summed E-state index contributed by atoms with van der Waals surface area (Å²) < 4.78 is 30.1. The first kappa shape index (κ1) is 81.4. The lowest BCUT2D eigenvalue weighted by Gasteiger charge is -2.59. The molecule has 9 aliphatic rings. The Morgan fingerprint density at radius 2 is 0.186 bits per heavy atom. The van der Waals surface area contributed by atoms with Crippen molar-refractivity contribution in [2.75, 3.05) is 0 Å². The van der Waals surface area contributed by atoms with Crippen LogP contribution < -0.4 is 0 Å². The van der Waals surface area contributed by atoms with Crippen molar-refractivity contribution < 1.29 is 13.6 Å². The van der Waals surface area contributed by atoms with Gasteiger partial charge in [-0.3, -0.25) is 0 Å². The maximum Gasteiger partial charge on any atom is 0.334 e. The molecule has 3 nitrogen and oxygen atoms in total. The van der Waals surface area contributed by atoms with Gasteiger partial charge in [-0.2, -0.15) is 0 Å². The Balaban J connectivity index is 1.39. The highest BCUT2D eigenvalue weighted by Gasteiger charge is 2.61. The first-order valence-corrected chi connectivity index (χ1v) is 48.2. The average Bonchev–Trinajstić information content (AvgIpc) is 0.742. The molecule has 0 radical (unpaired) electrons. The Bertz CT molecular complexity index is 1390. The lowest BCUT2D eigenvalue weighted by Crippen LogP contribution is -2.58. The zero-order valence-corrected chi connectivity index (χ0v) is 66.5. The highest BCUT2D eigenvalue weighted by atomic mass is 31.2. The molecule has 0 amide bonds. The first-order chi connectivity index (χ1) is 48.2. The molecule has 0 aromatic carbocycles. The highest BCUT2D eigenvalue weighted by molar-refractivity contribution is 7.41. The van der Waals surface area contributed by atoms with Gasteiger partial charge in [-0.25, -0.2) is 0 Å². The van der Waals surface area contributed by atoms with E-state index in [1.54, 1.807) is 0 Å². The van der Waals surface area contributed by atoms with Crippen LogP contribution in [0.4, 0.5) is 0 Å². The Labute approximate surface area is 608 Å². The minimum Gasteiger partial charge on any atom is -0.305 e. The molecule has 0 aromatic rings. The number of rotatable bonds is 15. The molecule has 0 bridgehead atoms. The molecular formula is C93H171O3P. The van der Waals surface area contributed by atoms with Gasteiger partial charge in [0.25, 0.3) is 0 Å². The fourth-order valence-electron chi connectivity index (χ4n) is 24.5. The molecule has 0 unspecified atom stereocenters. The van der Waals surface area contributed by atoms with E-state index in [9.17, 15) is 13.6 Å². The lowest BCUT2D eigenvalue weighted by atomic mass is 9.61. The molecule has 4 heteroatoms. The van der Waals surface area contributed by atoms with E-state index in [1.807, 2.05) is 0 Å². The quantitative estimate of drug-likeness (QED) is 0.153. The summed E-state index contributed by atoms with van der Waals surface area (Å²) in [5, 5.41) is 0. The molecule has 0 spiro atoms. The van der Waals surface area contributed by atoms with Gasteiger partial charge in [0.15, 0.2) is 0 Å². The van der Waals surface area contributed by atoms with Crippen molar-refractivity contribution in [3.05, 3.63) is 0 Å². The van der Waals surface area contributed by atoms with Gasteiger partial charge < -0.3 is 13.6 Å². The second-order valence-electron chi connectivity index (χ2n) is 36.8.